The number of thioether (sulfide) groups is 2. The van der Waals surface area contributed by atoms with E-state index in [-0.39, 0.29) is 11.8 Å². The topological polar surface area (TPSA) is 54.9 Å². The predicted molar refractivity (Wildman–Crippen MR) is 138 cm³/mol. The van der Waals surface area contributed by atoms with E-state index in [0.717, 1.165) is 35.0 Å². The Morgan fingerprint density at radius 1 is 0.938 bits per heavy atom. The molecule has 174 valence electrons. The van der Waals surface area contributed by atoms with Crippen LogP contribution in [-0.2, 0) is 17.6 Å². The van der Waals surface area contributed by atoms with Crippen molar-refractivity contribution in [1.82, 2.24) is 9.97 Å². The lowest BCUT2D eigenvalue weighted by atomic mass is 9.73. The van der Waals surface area contributed by atoms with Crippen LogP contribution in [0.4, 0.5) is 5.69 Å². The summed E-state index contributed by atoms with van der Waals surface area (Å²) in [7, 11) is 0. The first kappa shape index (κ1) is 25.1. The lowest BCUT2D eigenvalue weighted by Crippen LogP contribution is -2.36. The molecule has 1 N–H and O–H groups in total. The van der Waals surface area contributed by atoms with Gasteiger partial charge in [-0.1, -0.05) is 76.1 Å². The molecule has 1 aromatic heterocycles. The van der Waals surface area contributed by atoms with E-state index >= 15 is 0 Å². The summed E-state index contributed by atoms with van der Waals surface area (Å²) >= 11 is 3.10. The van der Waals surface area contributed by atoms with Gasteiger partial charge in [0.05, 0.1) is 0 Å². The van der Waals surface area contributed by atoms with Crippen LogP contribution < -0.4 is 5.32 Å². The van der Waals surface area contributed by atoms with Gasteiger partial charge in [0.1, 0.15) is 22.1 Å². The number of nitrogens with zero attached hydrogens (tertiary/aromatic N) is 2. The fourth-order valence-corrected chi connectivity index (χ4v) is 5.82. The molecule has 0 saturated carbocycles. The second-order valence-corrected chi connectivity index (χ2v) is 10.3. The van der Waals surface area contributed by atoms with Gasteiger partial charge in [0.2, 0.25) is 5.91 Å². The molecule has 1 aliphatic carbocycles. The van der Waals surface area contributed by atoms with E-state index in [1.807, 2.05) is 12.5 Å². The van der Waals surface area contributed by atoms with Gasteiger partial charge in [-0.3, -0.25) is 4.79 Å². The largest absolute Gasteiger partial charge is 0.321 e. The van der Waals surface area contributed by atoms with Gasteiger partial charge in [-0.05, 0) is 48.8 Å². The molecule has 0 bridgehead atoms. The molecular formula is C26H37N3OS2. The number of aromatic nitrogens is 2. The predicted octanol–water partition coefficient (Wildman–Crippen LogP) is 7.03. The quantitative estimate of drug-likeness (QED) is 0.204. The molecular weight excluding hydrogens is 434 g/mol. The average Bonchev–Trinajstić information content (AvgIpc) is 2.83. The van der Waals surface area contributed by atoms with Gasteiger partial charge in [-0.15, -0.1) is 23.5 Å². The third-order valence-electron chi connectivity index (χ3n) is 6.54. The summed E-state index contributed by atoms with van der Waals surface area (Å²) in [4.78, 5) is 22.3. The Morgan fingerprint density at radius 2 is 1.53 bits per heavy atom. The SMILES string of the molecule is CCCCCCCCC[C@H]1Cc2ccccc2C[C@@H]1C(=O)Nc1c(SC)ncnc1SC. The van der Waals surface area contributed by atoms with E-state index in [1.165, 1.54) is 56.1 Å². The van der Waals surface area contributed by atoms with E-state index in [9.17, 15) is 4.79 Å². The Bertz CT molecular complexity index is 852. The van der Waals surface area contributed by atoms with E-state index in [0.29, 0.717) is 5.92 Å². The molecule has 1 aromatic carbocycles. The minimum Gasteiger partial charge on any atom is -0.321 e. The van der Waals surface area contributed by atoms with Crippen LogP contribution in [0.2, 0.25) is 0 Å². The highest BCUT2D eigenvalue weighted by atomic mass is 32.2. The molecule has 4 nitrogen and oxygen atoms in total. The minimum atomic E-state index is -0.00499. The first-order chi connectivity index (χ1) is 15.7. The van der Waals surface area contributed by atoms with Gasteiger partial charge in [0.25, 0.3) is 0 Å². The van der Waals surface area contributed by atoms with E-state index in [2.05, 4.69) is 46.5 Å². The maximum atomic E-state index is 13.5. The van der Waals surface area contributed by atoms with Crippen LogP contribution >= 0.6 is 23.5 Å². The van der Waals surface area contributed by atoms with Crippen molar-refractivity contribution in [3.05, 3.63) is 41.7 Å². The third-order valence-corrected chi connectivity index (χ3v) is 7.93. The number of carbonyl (C=O) groups excluding carboxylic acids is 1. The first-order valence-corrected chi connectivity index (χ1v) is 14.4. The number of hydrogen-bond acceptors (Lipinski definition) is 5. The molecule has 1 heterocycles. The zero-order chi connectivity index (χ0) is 22.8. The maximum Gasteiger partial charge on any atom is 0.228 e. The van der Waals surface area contributed by atoms with Crippen LogP contribution in [0.25, 0.3) is 0 Å². The van der Waals surface area contributed by atoms with Crippen LogP contribution in [0.3, 0.4) is 0 Å². The van der Waals surface area contributed by atoms with Crippen LogP contribution in [0.5, 0.6) is 0 Å². The number of hydrogen-bond donors (Lipinski definition) is 1. The van der Waals surface area contributed by atoms with E-state index in [1.54, 1.807) is 29.9 Å². The molecule has 0 radical (unpaired) electrons. The van der Waals surface area contributed by atoms with Crippen LogP contribution in [0.15, 0.2) is 40.6 Å². The van der Waals surface area contributed by atoms with Gasteiger partial charge in [-0.25, -0.2) is 9.97 Å². The zero-order valence-electron chi connectivity index (χ0n) is 19.7. The smallest absolute Gasteiger partial charge is 0.228 e. The number of anilines is 1. The molecule has 0 saturated heterocycles. The number of carbonyl (C=O) groups is 1. The summed E-state index contributed by atoms with van der Waals surface area (Å²) in [6.07, 6.45) is 17.6. The van der Waals surface area contributed by atoms with Gasteiger partial charge < -0.3 is 5.32 Å². The van der Waals surface area contributed by atoms with Crippen molar-refractivity contribution < 1.29 is 4.79 Å². The summed E-state index contributed by atoms with van der Waals surface area (Å²) in [6, 6.07) is 8.64. The number of amides is 1. The summed E-state index contributed by atoms with van der Waals surface area (Å²) in [5.74, 6) is 0.503. The van der Waals surface area contributed by atoms with Crippen molar-refractivity contribution in [2.75, 3.05) is 17.8 Å². The normalized spacial score (nSPS) is 17.7. The van der Waals surface area contributed by atoms with Gasteiger partial charge >= 0.3 is 0 Å². The Morgan fingerprint density at radius 3 is 2.16 bits per heavy atom. The summed E-state index contributed by atoms with van der Waals surface area (Å²) in [5, 5.41) is 4.89. The van der Waals surface area contributed by atoms with Crippen LogP contribution in [0, 0.1) is 11.8 Å². The third kappa shape index (κ3) is 6.74. The molecule has 0 aliphatic heterocycles. The standard InChI is InChI=1S/C26H37N3OS2/c1-4-5-6-7-8-9-10-15-21-16-19-13-11-12-14-20(19)17-22(21)24(30)29-23-25(31-2)27-18-28-26(23)32-3/h11-14,18,21-22H,4-10,15-17H2,1-3H3,(H,29,30)/t21-,22-/m0/s1. The van der Waals surface area contributed by atoms with Crippen molar-refractivity contribution in [2.45, 2.75) is 81.2 Å². The second-order valence-electron chi connectivity index (χ2n) is 8.71. The summed E-state index contributed by atoms with van der Waals surface area (Å²) < 4.78 is 0. The van der Waals surface area contributed by atoms with Crippen molar-refractivity contribution in [2.24, 2.45) is 11.8 Å². The number of fused-ring (bicyclic) bond motifs is 1. The van der Waals surface area contributed by atoms with Crippen molar-refractivity contribution in [3.63, 3.8) is 0 Å². The summed E-state index contributed by atoms with van der Waals surface area (Å²) in [6.45, 7) is 2.26. The van der Waals surface area contributed by atoms with Crippen molar-refractivity contribution in [1.29, 1.82) is 0 Å². The molecule has 0 unspecified atom stereocenters. The lowest BCUT2D eigenvalue weighted by molar-refractivity contribution is -0.121. The molecule has 1 amide bonds. The molecule has 3 rings (SSSR count). The Hall–Kier alpha value is -1.53. The minimum absolute atomic E-state index is 0.00499. The van der Waals surface area contributed by atoms with Crippen LogP contribution in [-0.4, -0.2) is 28.4 Å². The zero-order valence-corrected chi connectivity index (χ0v) is 21.4. The lowest BCUT2D eigenvalue weighted by Gasteiger charge is -2.32. The molecule has 0 spiro atoms. The van der Waals surface area contributed by atoms with E-state index in [4.69, 9.17) is 0 Å². The molecule has 32 heavy (non-hydrogen) atoms. The highest BCUT2D eigenvalue weighted by Gasteiger charge is 2.33. The second kappa shape index (κ2) is 13.2. The van der Waals surface area contributed by atoms with Gasteiger partial charge in [0.15, 0.2) is 0 Å². The fourth-order valence-electron chi connectivity index (χ4n) is 4.74. The Kier molecular flexibility index (Phi) is 10.4. The Balaban J connectivity index is 1.69. The van der Waals surface area contributed by atoms with Crippen molar-refractivity contribution >= 4 is 35.1 Å². The van der Waals surface area contributed by atoms with Gasteiger partial charge in [-0.2, -0.15) is 0 Å². The number of unbranched alkanes of at least 4 members (excludes halogenated alkanes) is 6. The first-order valence-electron chi connectivity index (χ1n) is 12.0. The molecule has 1 aliphatic rings. The highest BCUT2D eigenvalue weighted by Crippen LogP contribution is 2.36. The number of nitrogens with one attached hydrogen (secondary N) is 1. The van der Waals surface area contributed by atoms with Gasteiger partial charge in [0, 0.05) is 5.92 Å². The van der Waals surface area contributed by atoms with E-state index < -0.39 is 0 Å². The van der Waals surface area contributed by atoms with Crippen molar-refractivity contribution in [3.8, 4) is 0 Å². The monoisotopic (exact) mass is 471 g/mol. The number of rotatable bonds is 12. The Labute approximate surface area is 202 Å². The molecule has 2 aromatic rings. The van der Waals surface area contributed by atoms with Crippen LogP contribution in [0.1, 0.15) is 69.4 Å². The fraction of sp³-hybridized carbons (Fsp3) is 0.577. The molecule has 0 fully saturated rings. The summed E-state index contributed by atoms with van der Waals surface area (Å²) in [5.41, 5.74) is 3.51. The molecule has 6 heteroatoms. The molecule has 2 atom stereocenters. The number of benzene rings is 1. The highest BCUT2D eigenvalue weighted by molar-refractivity contribution is 7.99. The maximum absolute atomic E-state index is 13.5. The average molecular weight is 472 g/mol.